The van der Waals surface area contributed by atoms with E-state index in [9.17, 15) is 0 Å². The molecule has 1 aromatic heterocycles. The number of hydrogen-bond donors (Lipinski definition) is 0. The number of nitrogens with zero attached hydrogens (tertiary/aromatic N) is 5. The van der Waals surface area contributed by atoms with Gasteiger partial charge in [0.15, 0.2) is 0 Å². The zero-order chi connectivity index (χ0) is 23.2. The van der Waals surface area contributed by atoms with E-state index in [-0.39, 0.29) is 6.04 Å². The average Bonchev–Trinajstić information content (AvgIpc) is 3.33. The van der Waals surface area contributed by atoms with Crippen molar-refractivity contribution >= 4 is 0 Å². The Morgan fingerprint density at radius 1 is 0.765 bits per heavy atom. The monoisotopic (exact) mass is 447 g/mol. The van der Waals surface area contributed by atoms with Gasteiger partial charge in [-0.1, -0.05) is 72.8 Å². The molecule has 4 aromatic rings. The second-order valence-corrected chi connectivity index (χ2v) is 8.86. The first kappa shape index (κ1) is 22.1. The Morgan fingerprint density at radius 2 is 1.38 bits per heavy atom. The molecule has 0 radical (unpaired) electrons. The van der Waals surface area contributed by atoms with Gasteiger partial charge in [0.1, 0.15) is 0 Å². The van der Waals surface area contributed by atoms with Gasteiger partial charge in [0.25, 0.3) is 0 Å². The minimum atomic E-state index is 0.284. The van der Waals surface area contributed by atoms with Crippen LogP contribution in [0.2, 0.25) is 0 Å². The highest BCUT2D eigenvalue weighted by Gasteiger charge is 2.26. The van der Waals surface area contributed by atoms with E-state index in [0.717, 1.165) is 39.3 Å². The van der Waals surface area contributed by atoms with Gasteiger partial charge in [-0.3, -0.25) is 9.80 Å². The normalized spacial score (nSPS) is 14.8. The van der Waals surface area contributed by atoms with E-state index in [4.69, 9.17) is 5.26 Å². The third-order valence-corrected chi connectivity index (χ3v) is 6.62. The van der Waals surface area contributed by atoms with Crippen molar-refractivity contribution in [1.82, 2.24) is 19.4 Å². The number of hydrogen-bond acceptors (Lipinski definition) is 4. The number of piperazine rings is 1. The highest BCUT2D eigenvalue weighted by Crippen LogP contribution is 2.29. The van der Waals surface area contributed by atoms with Gasteiger partial charge >= 0.3 is 0 Å². The molecular weight excluding hydrogens is 418 g/mol. The smallest absolute Gasteiger partial charge is 0.0991 e. The molecule has 3 aromatic carbocycles. The maximum Gasteiger partial charge on any atom is 0.0991 e. The first-order valence-electron chi connectivity index (χ1n) is 11.8. The van der Waals surface area contributed by atoms with E-state index in [1.165, 1.54) is 22.4 Å². The number of aromatic nitrogens is 2. The van der Waals surface area contributed by atoms with Crippen LogP contribution in [0.1, 0.15) is 34.0 Å². The average molecular weight is 448 g/mol. The fourth-order valence-corrected chi connectivity index (χ4v) is 4.80. The van der Waals surface area contributed by atoms with Crippen LogP contribution in [0.15, 0.2) is 97.5 Å². The molecule has 34 heavy (non-hydrogen) atoms. The number of rotatable bonds is 7. The van der Waals surface area contributed by atoms with Gasteiger partial charge < -0.3 is 4.57 Å². The third kappa shape index (κ3) is 5.09. The molecule has 1 aliphatic heterocycles. The van der Waals surface area contributed by atoms with Crippen LogP contribution in [0.4, 0.5) is 0 Å². The van der Waals surface area contributed by atoms with Gasteiger partial charge in [-0.25, -0.2) is 4.98 Å². The van der Waals surface area contributed by atoms with E-state index in [2.05, 4.69) is 86.1 Å². The molecule has 0 saturated carbocycles. The van der Waals surface area contributed by atoms with Crippen LogP contribution in [-0.2, 0) is 13.1 Å². The molecule has 170 valence electrons. The van der Waals surface area contributed by atoms with E-state index < -0.39 is 0 Å². The van der Waals surface area contributed by atoms with Crippen LogP contribution in [-0.4, -0.2) is 45.5 Å². The Balaban J connectivity index is 1.24. The summed E-state index contributed by atoms with van der Waals surface area (Å²) in [5.74, 6) is 0. The van der Waals surface area contributed by atoms with E-state index in [1.54, 1.807) is 0 Å². The molecule has 1 fully saturated rings. The van der Waals surface area contributed by atoms with Crippen LogP contribution in [0.25, 0.3) is 0 Å². The fourth-order valence-electron chi connectivity index (χ4n) is 4.80. The van der Waals surface area contributed by atoms with Crippen molar-refractivity contribution in [2.24, 2.45) is 0 Å². The Bertz CT molecular complexity index is 1180. The van der Waals surface area contributed by atoms with Crippen molar-refractivity contribution in [3.63, 3.8) is 0 Å². The first-order valence-corrected chi connectivity index (χ1v) is 11.8. The summed E-state index contributed by atoms with van der Waals surface area (Å²) in [7, 11) is 0. The zero-order valence-electron chi connectivity index (χ0n) is 19.3. The Morgan fingerprint density at radius 3 is 1.97 bits per heavy atom. The van der Waals surface area contributed by atoms with Gasteiger partial charge in [0.05, 0.1) is 29.7 Å². The summed E-state index contributed by atoms with van der Waals surface area (Å²) in [6.45, 7) is 5.77. The molecule has 0 bridgehead atoms. The molecule has 0 N–H and O–H groups in total. The second-order valence-electron chi connectivity index (χ2n) is 8.86. The fraction of sp³-hybridized carbons (Fsp3) is 0.241. The van der Waals surface area contributed by atoms with Gasteiger partial charge in [0.2, 0.25) is 0 Å². The largest absolute Gasteiger partial charge is 0.329 e. The summed E-state index contributed by atoms with van der Waals surface area (Å²) in [6.07, 6.45) is 3.89. The van der Waals surface area contributed by atoms with Gasteiger partial charge in [0, 0.05) is 45.5 Å². The van der Waals surface area contributed by atoms with Gasteiger partial charge in [-0.15, -0.1) is 0 Å². The summed E-state index contributed by atoms with van der Waals surface area (Å²) in [4.78, 5) is 9.54. The second kappa shape index (κ2) is 10.5. The van der Waals surface area contributed by atoms with Crippen LogP contribution in [0.5, 0.6) is 0 Å². The minimum absolute atomic E-state index is 0.284. The summed E-state index contributed by atoms with van der Waals surface area (Å²) in [5, 5.41) is 9.02. The van der Waals surface area contributed by atoms with Crippen molar-refractivity contribution in [3.8, 4) is 6.07 Å². The maximum absolute atomic E-state index is 9.02. The molecule has 0 atom stereocenters. The molecule has 5 rings (SSSR count). The summed E-state index contributed by atoms with van der Waals surface area (Å²) >= 11 is 0. The lowest BCUT2D eigenvalue weighted by Gasteiger charge is -2.39. The molecule has 1 saturated heterocycles. The Labute approximate surface area is 201 Å². The van der Waals surface area contributed by atoms with Crippen molar-refractivity contribution < 1.29 is 0 Å². The number of benzene rings is 3. The molecular formula is C29H29N5. The van der Waals surface area contributed by atoms with E-state index in [0.29, 0.717) is 5.56 Å². The van der Waals surface area contributed by atoms with Crippen LogP contribution >= 0.6 is 0 Å². The molecule has 0 unspecified atom stereocenters. The van der Waals surface area contributed by atoms with Gasteiger partial charge in [-0.2, -0.15) is 5.26 Å². The first-order chi connectivity index (χ1) is 16.8. The van der Waals surface area contributed by atoms with Crippen molar-refractivity contribution in [2.75, 3.05) is 26.2 Å². The highest BCUT2D eigenvalue weighted by atomic mass is 15.3. The molecule has 0 amide bonds. The van der Waals surface area contributed by atoms with E-state index in [1.807, 2.05) is 36.8 Å². The Hall–Kier alpha value is -3.72. The minimum Gasteiger partial charge on any atom is -0.329 e. The van der Waals surface area contributed by atoms with Crippen LogP contribution in [0.3, 0.4) is 0 Å². The third-order valence-electron chi connectivity index (χ3n) is 6.62. The lowest BCUT2D eigenvalue weighted by Crippen LogP contribution is -2.47. The predicted molar refractivity (Wildman–Crippen MR) is 134 cm³/mol. The molecule has 0 aliphatic carbocycles. The molecule has 2 heterocycles. The van der Waals surface area contributed by atoms with Crippen LogP contribution < -0.4 is 0 Å². The van der Waals surface area contributed by atoms with Crippen molar-refractivity contribution in [1.29, 1.82) is 5.26 Å². The topological polar surface area (TPSA) is 48.1 Å². The Kier molecular flexibility index (Phi) is 6.81. The number of imidazole rings is 1. The van der Waals surface area contributed by atoms with Crippen molar-refractivity contribution in [2.45, 2.75) is 19.1 Å². The van der Waals surface area contributed by atoms with Gasteiger partial charge in [-0.05, 0) is 28.8 Å². The predicted octanol–water partition coefficient (Wildman–Crippen LogP) is 4.71. The highest BCUT2D eigenvalue weighted by molar-refractivity contribution is 5.33. The lowest BCUT2D eigenvalue weighted by molar-refractivity contribution is 0.103. The standard InChI is InChI=1S/C29H29N5/c30-19-24-11-13-25(14-12-24)21-34-23-31-20-28(34)22-32-15-17-33(18-16-32)29(26-7-3-1-4-8-26)27-9-5-2-6-10-27/h1-14,20,23,29H,15-18,21-22H2. The molecule has 5 heteroatoms. The molecule has 1 aliphatic rings. The zero-order valence-corrected chi connectivity index (χ0v) is 19.3. The number of nitriles is 1. The maximum atomic E-state index is 9.02. The van der Waals surface area contributed by atoms with Crippen LogP contribution in [0, 0.1) is 11.3 Å². The summed E-state index contributed by atoms with van der Waals surface area (Å²) < 4.78 is 2.21. The summed E-state index contributed by atoms with van der Waals surface area (Å²) in [5.41, 5.74) is 5.79. The lowest BCUT2D eigenvalue weighted by atomic mass is 9.96. The SMILES string of the molecule is N#Cc1ccc(Cn2cncc2CN2CCN(C(c3ccccc3)c3ccccc3)CC2)cc1. The quantitative estimate of drug-likeness (QED) is 0.412. The molecule has 5 nitrogen and oxygen atoms in total. The van der Waals surface area contributed by atoms with Crippen molar-refractivity contribution in [3.05, 3.63) is 125 Å². The van der Waals surface area contributed by atoms with E-state index >= 15 is 0 Å². The summed E-state index contributed by atoms with van der Waals surface area (Å²) in [6, 6.07) is 31.9. The molecule has 0 spiro atoms.